The van der Waals surface area contributed by atoms with Gasteiger partial charge in [0.1, 0.15) is 11.3 Å². The van der Waals surface area contributed by atoms with E-state index in [4.69, 9.17) is 4.42 Å². The molecule has 162 valence electrons. The maximum atomic E-state index is 13.0. The number of rotatable bonds is 8. The fraction of sp³-hybridized carbons (Fsp3) is 0.360. The Hall–Kier alpha value is -3.12. The second-order valence-electron chi connectivity index (χ2n) is 8.02. The minimum Gasteiger partial charge on any atom is -0.507 e. The van der Waals surface area contributed by atoms with Crippen LogP contribution in [0.1, 0.15) is 42.7 Å². The molecule has 0 amide bonds. The molecule has 0 aliphatic carbocycles. The van der Waals surface area contributed by atoms with Crippen LogP contribution in [0.15, 0.2) is 68.9 Å². The van der Waals surface area contributed by atoms with E-state index in [0.717, 1.165) is 37.3 Å². The molecule has 2 heterocycles. The number of nitrogens with one attached hydrogen (secondary N) is 1. The molecule has 1 aliphatic rings. The van der Waals surface area contributed by atoms with Crippen LogP contribution in [0.3, 0.4) is 0 Å². The van der Waals surface area contributed by atoms with Gasteiger partial charge in [-0.2, -0.15) is 5.10 Å². The van der Waals surface area contributed by atoms with E-state index in [1.807, 2.05) is 36.4 Å². The van der Waals surface area contributed by atoms with Crippen molar-refractivity contribution in [2.45, 2.75) is 31.6 Å². The third-order valence-electron chi connectivity index (χ3n) is 6.00. The maximum absolute atomic E-state index is 13.0. The minimum absolute atomic E-state index is 0.0101. The average Bonchev–Trinajstić information content (AvgIpc) is 3.31. The first kappa shape index (κ1) is 21.1. The molecule has 6 heteroatoms. The number of nitrogens with zero attached hydrogens (tertiary/aromatic N) is 2. The Balaban J connectivity index is 1.72. The largest absolute Gasteiger partial charge is 0.507 e. The van der Waals surface area contributed by atoms with Crippen molar-refractivity contribution in [2.24, 2.45) is 5.10 Å². The van der Waals surface area contributed by atoms with Crippen molar-refractivity contribution in [1.29, 1.82) is 0 Å². The summed E-state index contributed by atoms with van der Waals surface area (Å²) in [6.45, 7) is 3.20. The smallest absolute Gasteiger partial charge is 0.343 e. The molecular formula is C25H29N3O3. The number of likely N-dealkylation sites (tertiary alicyclic amines) is 1. The molecule has 1 unspecified atom stereocenters. The summed E-state index contributed by atoms with van der Waals surface area (Å²) in [6, 6.07) is 16.9. The molecule has 0 bridgehead atoms. The molecule has 2 aromatic carbocycles. The molecule has 1 atom stereocenters. The summed E-state index contributed by atoms with van der Waals surface area (Å²) in [5.74, 6) is -0.364. The van der Waals surface area contributed by atoms with Crippen LogP contribution in [0.2, 0.25) is 0 Å². The van der Waals surface area contributed by atoms with Gasteiger partial charge in [0.15, 0.2) is 0 Å². The van der Waals surface area contributed by atoms with Gasteiger partial charge in [0.2, 0.25) is 0 Å². The molecule has 1 saturated heterocycles. The van der Waals surface area contributed by atoms with Gasteiger partial charge < -0.3 is 19.8 Å². The van der Waals surface area contributed by atoms with Gasteiger partial charge in [0, 0.05) is 31.6 Å². The molecule has 6 nitrogen and oxygen atoms in total. The van der Waals surface area contributed by atoms with Crippen LogP contribution in [-0.4, -0.2) is 42.4 Å². The number of hydrazone groups is 1. The van der Waals surface area contributed by atoms with Gasteiger partial charge >= 0.3 is 5.63 Å². The molecule has 4 rings (SSSR count). The van der Waals surface area contributed by atoms with Crippen molar-refractivity contribution >= 4 is 16.7 Å². The Morgan fingerprint density at radius 2 is 1.84 bits per heavy atom. The number of benzene rings is 2. The first-order valence-corrected chi connectivity index (χ1v) is 10.9. The first-order chi connectivity index (χ1) is 15.2. The summed E-state index contributed by atoms with van der Waals surface area (Å²) in [7, 11) is 1.79. The van der Waals surface area contributed by atoms with Crippen molar-refractivity contribution in [1.82, 2.24) is 10.3 Å². The van der Waals surface area contributed by atoms with Gasteiger partial charge in [-0.05, 0) is 50.0 Å². The van der Waals surface area contributed by atoms with Crippen molar-refractivity contribution in [3.8, 4) is 5.75 Å². The predicted octanol–water partition coefficient (Wildman–Crippen LogP) is 4.08. The number of hydrogen-bond donors (Lipinski definition) is 2. The normalized spacial score (nSPS) is 16.0. The van der Waals surface area contributed by atoms with Crippen LogP contribution in [0.5, 0.6) is 5.75 Å². The molecule has 1 fully saturated rings. The quantitative estimate of drug-likeness (QED) is 0.327. The van der Waals surface area contributed by atoms with E-state index in [1.165, 1.54) is 12.8 Å². The van der Waals surface area contributed by atoms with Gasteiger partial charge in [0.05, 0.1) is 10.9 Å². The molecule has 2 N–H and O–H groups in total. The summed E-state index contributed by atoms with van der Waals surface area (Å²) < 4.78 is 5.58. The molecular weight excluding hydrogens is 390 g/mol. The van der Waals surface area contributed by atoms with Crippen LogP contribution in [-0.2, 0) is 0 Å². The zero-order valence-corrected chi connectivity index (χ0v) is 17.9. The fourth-order valence-corrected chi connectivity index (χ4v) is 4.42. The second-order valence-corrected chi connectivity index (χ2v) is 8.02. The summed E-state index contributed by atoms with van der Waals surface area (Å²) in [5, 5.41) is 16.2. The zero-order valence-electron chi connectivity index (χ0n) is 17.9. The van der Waals surface area contributed by atoms with Crippen LogP contribution in [0.25, 0.3) is 11.0 Å². The molecule has 1 aliphatic heterocycles. The van der Waals surface area contributed by atoms with Gasteiger partial charge in [-0.25, -0.2) is 4.79 Å². The molecule has 31 heavy (non-hydrogen) atoms. The molecule has 0 radical (unpaired) electrons. The van der Waals surface area contributed by atoms with Crippen molar-refractivity contribution in [2.75, 3.05) is 26.7 Å². The lowest BCUT2D eigenvalue weighted by molar-refractivity contribution is 0.348. The number of fused-ring (bicyclic) bond motifs is 1. The van der Waals surface area contributed by atoms with Gasteiger partial charge in [-0.1, -0.05) is 42.5 Å². The fourth-order valence-electron chi connectivity index (χ4n) is 4.42. The third kappa shape index (κ3) is 4.80. The summed E-state index contributed by atoms with van der Waals surface area (Å²) in [6.07, 6.45) is 3.83. The number of para-hydroxylation sites is 1. The van der Waals surface area contributed by atoms with Gasteiger partial charge in [-0.15, -0.1) is 0 Å². The highest BCUT2D eigenvalue weighted by molar-refractivity contribution is 5.87. The van der Waals surface area contributed by atoms with E-state index < -0.39 is 5.63 Å². The summed E-state index contributed by atoms with van der Waals surface area (Å²) in [4.78, 5) is 15.4. The maximum Gasteiger partial charge on any atom is 0.343 e. The summed E-state index contributed by atoms with van der Waals surface area (Å²) >= 11 is 0. The Morgan fingerprint density at radius 3 is 2.58 bits per heavy atom. The standard InChI is InChI=1S/C25H29N3O3/c1-26-27-19(13-16-28-14-7-8-15-28)17-21(18-9-3-2-4-10-18)23-24(29)20-11-5-6-12-22(20)31-25(23)30/h2-6,9-12,21,26,29H,7-8,13-17H2,1H3/b27-19+. The molecule has 3 aromatic rings. The van der Waals surface area contributed by atoms with Crippen molar-refractivity contribution in [3.05, 3.63) is 76.1 Å². The lowest BCUT2D eigenvalue weighted by Gasteiger charge is -2.21. The van der Waals surface area contributed by atoms with E-state index in [-0.39, 0.29) is 17.2 Å². The number of hydrogen-bond acceptors (Lipinski definition) is 6. The van der Waals surface area contributed by atoms with E-state index in [9.17, 15) is 9.90 Å². The van der Waals surface area contributed by atoms with Gasteiger partial charge in [-0.3, -0.25) is 0 Å². The molecule has 0 saturated carbocycles. The first-order valence-electron chi connectivity index (χ1n) is 10.9. The highest BCUT2D eigenvalue weighted by Crippen LogP contribution is 2.36. The minimum atomic E-state index is -0.506. The van der Waals surface area contributed by atoms with Crippen LogP contribution >= 0.6 is 0 Å². The zero-order chi connectivity index (χ0) is 21.6. The SMILES string of the molecule is CN/N=C(\CCN1CCCC1)CC(c1ccccc1)c1c(O)c2ccccc2oc1=O. The Bertz CT molecular complexity index is 1100. The van der Waals surface area contributed by atoms with Gasteiger partial charge in [0.25, 0.3) is 0 Å². The average molecular weight is 420 g/mol. The Morgan fingerprint density at radius 1 is 1.13 bits per heavy atom. The van der Waals surface area contributed by atoms with E-state index in [2.05, 4.69) is 15.4 Å². The third-order valence-corrected chi connectivity index (χ3v) is 6.00. The topological polar surface area (TPSA) is 78.1 Å². The van der Waals surface area contributed by atoms with E-state index >= 15 is 0 Å². The highest BCUT2D eigenvalue weighted by Gasteiger charge is 2.26. The molecule has 0 spiro atoms. The van der Waals surface area contributed by atoms with E-state index in [1.54, 1.807) is 25.2 Å². The lowest BCUT2D eigenvalue weighted by Crippen LogP contribution is -2.25. The van der Waals surface area contributed by atoms with Crippen LogP contribution < -0.4 is 11.1 Å². The summed E-state index contributed by atoms with van der Waals surface area (Å²) in [5.41, 5.74) is 5.00. The number of aromatic hydroxyl groups is 1. The second kappa shape index (κ2) is 9.79. The highest BCUT2D eigenvalue weighted by atomic mass is 16.4. The van der Waals surface area contributed by atoms with Crippen molar-refractivity contribution < 1.29 is 9.52 Å². The van der Waals surface area contributed by atoms with Crippen LogP contribution in [0, 0.1) is 0 Å². The van der Waals surface area contributed by atoms with Crippen molar-refractivity contribution in [3.63, 3.8) is 0 Å². The predicted molar refractivity (Wildman–Crippen MR) is 124 cm³/mol. The Labute approximate surface area is 182 Å². The Kier molecular flexibility index (Phi) is 6.67. The monoisotopic (exact) mass is 419 g/mol. The van der Waals surface area contributed by atoms with E-state index in [0.29, 0.717) is 17.4 Å². The van der Waals surface area contributed by atoms with Crippen LogP contribution in [0.4, 0.5) is 0 Å². The molecule has 1 aromatic heterocycles. The lowest BCUT2D eigenvalue weighted by atomic mass is 9.86.